The van der Waals surface area contributed by atoms with Gasteiger partial charge in [-0.25, -0.2) is 0 Å². The van der Waals surface area contributed by atoms with Gasteiger partial charge in [-0.3, -0.25) is 4.90 Å². The maximum Gasteiger partial charge on any atom is 0.0488 e. The Morgan fingerprint density at radius 3 is 2.18 bits per heavy atom. The fourth-order valence-corrected chi connectivity index (χ4v) is 4.12. The summed E-state index contributed by atoms with van der Waals surface area (Å²) in [5.74, 6) is 0.848. The molecule has 0 aromatic carbocycles. The van der Waals surface area contributed by atoms with E-state index in [2.05, 4.69) is 21.7 Å². The lowest BCUT2D eigenvalue weighted by molar-refractivity contribution is -0.0803. The molecule has 4 aliphatic rings. The van der Waals surface area contributed by atoms with Crippen LogP contribution in [0.2, 0.25) is 0 Å². The van der Waals surface area contributed by atoms with E-state index in [1.807, 2.05) is 0 Å². The van der Waals surface area contributed by atoms with Crippen LogP contribution in [0.1, 0.15) is 12.8 Å². The van der Waals surface area contributed by atoms with Crippen LogP contribution >= 0.6 is 0 Å². The lowest BCUT2D eigenvalue weighted by Gasteiger charge is -2.59. The molecule has 98 valence electrons. The van der Waals surface area contributed by atoms with Gasteiger partial charge in [0.1, 0.15) is 0 Å². The fraction of sp³-hybridized carbons (Fsp3) is 1.00. The molecule has 4 fully saturated rings. The molecule has 4 aliphatic heterocycles. The molecular formula is C13H26N4. The quantitative estimate of drug-likeness (QED) is 0.714. The SMILES string of the molecule is CN1CCN(C2(CN)CN3CCC2CC3)CC1. The predicted octanol–water partition coefficient (Wildman–Crippen LogP) is -0.343. The molecule has 0 radical (unpaired) electrons. The van der Waals surface area contributed by atoms with Crippen LogP contribution in [0.5, 0.6) is 0 Å². The lowest BCUT2D eigenvalue weighted by Crippen LogP contribution is -2.72. The number of hydrogen-bond acceptors (Lipinski definition) is 4. The first-order valence-electron chi connectivity index (χ1n) is 7.10. The van der Waals surface area contributed by atoms with Gasteiger partial charge in [-0.1, -0.05) is 0 Å². The number of likely N-dealkylation sites (N-methyl/N-ethyl adjacent to an activating group) is 1. The van der Waals surface area contributed by atoms with E-state index in [1.54, 1.807) is 0 Å². The summed E-state index contributed by atoms with van der Waals surface area (Å²) >= 11 is 0. The summed E-state index contributed by atoms with van der Waals surface area (Å²) < 4.78 is 0. The van der Waals surface area contributed by atoms with Gasteiger partial charge in [-0.15, -0.1) is 0 Å². The third-order valence-electron chi connectivity index (χ3n) is 5.33. The van der Waals surface area contributed by atoms with Crippen molar-refractivity contribution in [2.24, 2.45) is 11.7 Å². The Bertz CT molecular complexity index is 267. The van der Waals surface area contributed by atoms with Crippen molar-refractivity contribution in [1.82, 2.24) is 14.7 Å². The molecule has 2 N–H and O–H groups in total. The number of fused-ring (bicyclic) bond motifs is 3. The number of piperidine rings is 3. The van der Waals surface area contributed by atoms with Crippen LogP contribution in [-0.4, -0.2) is 79.6 Å². The van der Waals surface area contributed by atoms with E-state index in [0.29, 0.717) is 5.54 Å². The van der Waals surface area contributed by atoms with Crippen molar-refractivity contribution >= 4 is 0 Å². The van der Waals surface area contributed by atoms with Crippen LogP contribution in [0.3, 0.4) is 0 Å². The highest BCUT2D eigenvalue weighted by molar-refractivity contribution is 5.06. The van der Waals surface area contributed by atoms with E-state index in [4.69, 9.17) is 5.73 Å². The highest BCUT2D eigenvalue weighted by atomic mass is 15.3. The first kappa shape index (κ1) is 11.9. The highest BCUT2D eigenvalue weighted by Gasteiger charge is 2.49. The third kappa shape index (κ3) is 1.91. The Kier molecular flexibility index (Phi) is 3.15. The molecule has 4 heteroatoms. The first-order valence-corrected chi connectivity index (χ1v) is 7.10. The molecule has 0 aliphatic carbocycles. The number of hydrogen-bond donors (Lipinski definition) is 1. The van der Waals surface area contributed by atoms with Gasteiger partial charge in [0.15, 0.2) is 0 Å². The minimum Gasteiger partial charge on any atom is -0.329 e. The van der Waals surface area contributed by atoms with Crippen LogP contribution in [0.4, 0.5) is 0 Å². The van der Waals surface area contributed by atoms with Crippen molar-refractivity contribution < 1.29 is 0 Å². The standard InChI is InChI=1S/C13H26N4/c1-15-6-8-17(9-7-15)13(10-14)11-16-4-2-12(13)3-5-16/h12H,2-11,14H2,1H3. The summed E-state index contributed by atoms with van der Waals surface area (Å²) in [5.41, 5.74) is 6.51. The maximum atomic E-state index is 6.21. The van der Waals surface area contributed by atoms with Crippen LogP contribution in [0, 0.1) is 5.92 Å². The predicted molar refractivity (Wildman–Crippen MR) is 70.0 cm³/mol. The topological polar surface area (TPSA) is 35.7 Å². The van der Waals surface area contributed by atoms with Gasteiger partial charge in [-0.2, -0.15) is 0 Å². The molecule has 1 unspecified atom stereocenters. The Morgan fingerprint density at radius 2 is 1.71 bits per heavy atom. The van der Waals surface area contributed by atoms with Gasteiger partial charge in [0.25, 0.3) is 0 Å². The molecule has 0 amide bonds. The second kappa shape index (κ2) is 4.50. The Balaban J connectivity index is 1.77. The molecule has 4 heterocycles. The van der Waals surface area contributed by atoms with Crippen molar-refractivity contribution in [3.05, 3.63) is 0 Å². The summed E-state index contributed by atoms with van der Waals surface area (Å²) in [6.07, 6.45) is 2.73. The highest BCUT2D eigenvalue weighted by Crippen LogP contribution is 2.39. The summed E-state index contributed by atoms with van der Waals surface area (Å²) in [4.78, 5) is 7.77. The molecule has 4 saturated heterocycles. The molecule has 0 spiro atoms. The normalized spacial score (nSPS) is 44.1. The molecule has 2 bridgehead atoms. The van der Waals surface area contributed by atoms with Crippen LogP contribution < -0.4 is 5.73 Å². The molecule has 1 atom stereocenters. The van der Waals surface area contributed by atoms with Crippen LogP contribution in [-0.2, 0) is 0 Å². The fourth-order valence-electron chi connectivity index (χ4n) is 4.12. The molecule has 0 aromatic rings. The summed E-state index contributed by atoms with van der Waals surface area (Å²) in [5, 5.41) is 0. The number of piperazine rings is 1. The summed E-state index contributed by atoms with van der Waals surface area (Å²) in [6.45, 7) is 9.50. The number of nitrogens with zero attached hydrogens (tertiary/aromatic N) is 3. The Hall–Kier alpha value is -0.160. The van der Waals surface area contributed by atoms with Gasteiger partial charge in [0.2, 0.25) is 0 Å². The van der Waals surface area contributed by atoms with E-state index < -0.39 is 0 Å². The third-order valence-corrected chi connectivity index (χ3v) is 5.33. The lowest BCUT2D eigenvalue weighted by atomic mass is 9.71. The monoisotopic (exact) mass is 238 g/mol. The van der Waals surface area contributed by atoms with Crippen LogP contribution in [0.25, 0.3) is 0 Å². The van der Waals surface area contributed by atoms with Gasteiger partial charge in [-0.05, 0) is 38.9 Å². The summed E-state index contributed by atoms with van der Waals surface area (Å²) in [7, 11) is 2.23. The summed E-state index contributed by atoms with van der Waals surface area (Å²) in [6, 6.07) is 0. The molecule has 0 aromatic heterocycles. The first-order chi connectivity index (χ1) is 8.24. The minimum atomic E-state index is 0.303. The van der Waals surface area contributed by atoms with E-state index in [0.717, 1.165) is 12.5 Å². The smallest absolute Gasteiger partial charge is 0.0488 e. The maximum absolute atomic E-state index is 6.21. The van der Waals surface area contributed by atoms with Gasteiger partial charge < -0.3 is 15.5 Å². The van der Waals surface area contributed by atoms with E-state index in [9.17, 15) is 0 Å². The second-order valence-electron chi connectivity index (χ2n) is 6.15. The Labute approximate surface area is 105 Å². The number of rotatable bonds is 2. The average molecular weight is 238 g/mol. The van der Waals surface area contributed by atoms with E-state index in [1.165, 1.54) is 58.7 Å². The largest absolute Gasteiger partial charge is 0.329 e. The molecule has 4 nitrogen and oxygen atoms in total. The van der Waals surface area contributed by atoms with Crippen molar-refractivity contribution in [3.63, 3.8) is 0 Å². The van der Waals surface area contributed by atoms with Crippen molar-refractivity contribution in [2.45, 2.75) is 18.4 Å². The Morgan fingerprint density at radius 1 is 1.06 bits per heavy atom. The zero-order valence-electron chi connectivity index (χ0n) is 11.1. The molecule has 0 saturated carbocycles. The molecule has 4 rings (SSSR count). The van der Waals surface area contributed by atoms with Crippen LogP contribution in [0.15, 0.2) is 0 Å². The van der Waals surface area contributed by atoms with Crippen molar-refractivity contribution in [3.8, 4) is 0 Å². The van der Waals surface area contributed by atoms with Gasteiger partial charge in [0.05, 0.1) is 0 Å². The second-order valence-corrected chi connectivity index (χ2v) is 6.15. The van der Waals surface area contributed by atoms with E-state index >= 15 is 0 Å². The zero-order chi connectivity index (χ0) is 11.9. The van der Waals surface area contributed by atoms with E-state index in [-0.39, 0.29) is 0 Å². The van der Waals surface area contributed by atoms with Crippen molar-refractivity contribution in [1.29, 1.82) is 0 Å². The molecule has 17 heavy (non-hydrogen) atoms. The van der Waals surface area contributed by atoms with Crippen molar-refractivity contribution in [2.75, 3.05) is 59.4 Å². The van der Waals surface area contributed by atoms with Gasteiger partial charge >= 0.3 is 0 Å². The van der Waals surface area contributed by atoms with Gasteiger partial charge in [0, 0.05) is 44.8 Å². The zero-order valence-corrected chi connectivity index (χ0v) is 11.1. The molecular weight excluding hydrogens is 212 g/mol. The average Bonchev–Trinajstić information content (AvgIpc) is 2.40. The number of nitrogens with two attached hydrogens (primary N) is 1. The minimum absolute atomic E-state index is 0.303.